The predicted octanol–water partition coefficient (Wildman–Crippen LogP) is 2.49. The first-order valence-electron chi connectivity index (χ1n) is 6.07. The zero-order chi connectivity index (χ0) is 14.3. The minimum atomic E-state index is -0.361. The van der Waals surface area contributed by atoms with Crippen molar-refractivity contribution in [1.29, 1.82) is 0 Å². The molecule has 1 aromatic rings. The van der Waals surface area contributed by atoms with E-state index in [1.807, 2.05) is 12.1 Å². The van der Waals surface area contributed by atoms with Crippen LogP contribution in [0.2, 0.25) is 0 Å². The van der Waals surface area contributed by atoms with Gasteiger partial charge in [-0.2, -0.15) is 0 Å². The fourth-order valence-corrected chi connectivity index (χ4v) is 2.19. The summed E-state index contributed by atoms with van der Waals surface area (Å²) < 4.78 is 11.7. The van der Waals surface area contributed by atoms with Crippen molar-refractivity contribution in [2.75, 3.05) is 20.3 Å². The van der Waals surface area contributed by atoms with Crippen LogP contribution in [0, 0.1) is 0 Å². The van der Waals surface area contributed by atoms with Gasteiger partial charge in [-0.3, -0.25) is 0 Å². The van der Waals surface area contributed by atoms with Crippen molar-refractivity contribution >= 4 is 15.9 Å². The van der Waals surface area contributed by atoms with E-state index in [0.717, 1.165) is 10.0 Å². The normalized spacial score (nSPS) is 12.0. The lowest BCUT2D eigenvalue weighted by atomic mass is 10.2. The summed E-state index contributed by atoms with van der Waals surface area (Å²) in [7, 11) is 1.61. The van der Waals surface area contributed by atoms with Crippen LogP contribution >= 0.6 is 15.9 Å². The quantitative estimate of drug-likeness (QED) is 0.719. The smallest absolute Gasteiger partial charge is 0.175 e. The van der Waals surface area contributed by atoms with Gasteiger partial charge in [-0.05, 0) is 40.5 Å². The number of hydrogen-bond donors (Lipinski definition) is 2. The van der Waals surface area contributed by atoms with E-state index in [0.29, 0.717) is 31.2 Å². The Morgan fingerprint density at radius 2 is 2.26 bits per heavy atom. The van der Waals surface area contributed by atoms with Crippen LogP contribution in [0.4, 0.5) is 0 Å². The highest BCUT2D eigenvalue weighted by atomic mass is 79.9. The summed E-state index contributed by atoms with van der Waals surface area (Å²) in [6, 6.07) is 3.88. The number of ether oxygens (including phenoxy) is 2. The molecule has 0 spiro atoms. The van der Waals surface area contributed by atoms with Crippen molar-refractivity contribution in [3.8, 4) is 11.5 Å². The molecule has 0 saturated heterocycles. The molecule has 0 bridgehead atoms. The van der Waals surface area contributed by atoms with Gasteiger partial charge in [-0.1, -0.05) is 12.7 Å². The van der Waals surface area contributed by atoms with E-state index < -0.39 is 0 Å². The Morgan fingerprint density at radius 3 is 2.84 bits per heavy atom. The molecule has 0 heterocycles. The Balaban J connectivity index is 2.80. The van der Waals surface area contributed by atoms with E-state index in [4.69, 9.17) is 9.47 Å². The van der Waals surface area contributed by atoms with E-state index in [1.165, 1.54) is 0 Å². The molecule has 1 unspecified atom stereocenters. The lowest BCUT2D eigenvalue weighted by molar-refractivity contribution is 0.191. The van der Waals surface area contributed by atoms with Crippen LogP contribution in [0.15, 0.2) is 29.3 Å². The van der Waals surface area contributed by atoms with E-state index in [2.05, 4.69) is 27.8 Å². The third kappa shape index (κ3) is 5.22. The van der Waals surface area contributed by atoms with Crippen molar-refractivity contribution in [2.24, 2.45) is 0 Å². The average molecular weight is 330 g/mol. The molecule has 1 aromatic carbocycles. The molecular formula is C14H20BrNO3. The summed E-state index contributed by atoms with van der Waals surface area (Å²) in [4.78, 5) is 0. The molecule has 0 aliphatic rings. The zero-order valence-electron chi connectivity index (χ0n) is 11.3. The van der Waals surface area contributed by atoms with Crippen molar-refractivity contribution in [2.45, 2.75) is 19.6 Å². The molecule has 4 nitrogen and oxygen atoms in total. The van der Waals surface area contributed by atoms with Crippen LogP contribution in [0.5, 0.6) is 11.5 Å². The van der Waals surface area contributed by atoms with Gasteiger partial charge >= 0.3 is 0 Å². The van der Waals surface area contributed by atoms with Gasteiger partial charge < -0.3 is 19.9 Å². The number of benzene rings is 1. The Morgan fingerprint density at radius 1 is 1.53 bits per heavy atom. The van der Waals surface area contributed by atoms with Crippen molar-refractivity contribution in [3.05, 3.63) is 34.8 Å². The highest BCUT2D eigenvalue weighted by molar-refractivity contribution is 9.10. The van der Waals surface area contributed by atoms with Gasteiger partial charge in [0.2, 0.25) is 0 Å². The molecule has 0 aliphatic carbocycles. The summed E-state index contributed by atoms with van der Waals surface area (Å²) in [5.74, 6) is 1.34. The largest absolute Gasteiger partial charge is 0.493 e. The minimum Gasteiger partial charge on any atom is -0.493 e. The molecule has 0 fully saturated rings. The summed E-state index contributed by atoms with van der Waals surface area (Å²) in [5, 5.41) is 12.4. The van der Waals surface area contributed by atoms with Crippen LogP contribution < -0.4 is 14.8 Å². The second-order valence-electron chi connectivity index (χ2n) is 4.19. The number of rotatable bonds is 8. The third-order valence-corrected chi connectivity index (χ3v) is 2.99. The first kappa shape index (κ1) is 16.0. The average Bonchev–Trinajstić information content (AvgIpc) is 2.36. The van der Waals surface area contributed by atoms with Gasteiger partial charge in [0.1, 0.15) is 6.61 Å². The maximum atomic E-state index is 9.20. The van der Waals surface area contributed by atoms with E-state index in [1.54, 1.807) is 20.1 Å². The molecule has 0 amide bonds. The van der Waals surface area contributed by atoms with Gasteiger partial charge in [0.25, 0.3) is 0 Å². The molecule has 0 saturated carbocycles. The summed E-state index contributed by atoms with van der Waals surface area (Å²) in [6.07, 6.45) is 1.32. The Hall–Kier alpha value is -1.04. The van der Waals surface area contributed by atoms with Gasteiger partial charge in [-0.15, -0.1) is 0 Å². The molecule has 1 rings (SSSR count). The number of aliphatic hydroxyl groups excluding tert-OH is 1. The van der Waals surface area contributed by atoms with Crippen molar-refractivity contribution in [3.63, 3.8) is 0 Å². The maximum absolute atomic E-state index is 9.20. The Kier molecular flexibility index (Phi) is 6.91. The van der Waals surface area contributed by atoms with Crippen molar-refractivity contribution < 1.29 is 14.6 Å². The van der Waals surface area contributed by atoms with E-state index in [9.17, 15) is 5.11 Å². The number of hydrogen-bond acceptors (Lipinski definition) is 4. The minimum absolute atomic E-state index is 0.361. The third-order valence-electron chi connectivity index (χ3n) is 2.40. The topological polar surface area (TPSA) is 50.7 Å². The fourth-order valence-electron chi connectivity index (χ4n) is 1.58. The molecular weight excluding hydrogens is 310 g/mol. The Bertz CT molecular complexity index is 421. The molecule has 0 aliphatic heterocycles. The lowest BCUT2D eigenvalue weighted by Gasteiger charge is -2.14. The first-order chi connectivity index (χ1) is 9.08. The summed E-state index contributed by atoms with van der Waals surface area (Å²) in [5.41, 5.74) is 1.05. The van der Waals surface area contributed by atoms with Crippen molar-refractivity contribution in [1.82, 2.24) is 5.32 Å². The Labute approximate surface area is 122 Å². The fraction of sp³-hybridized carbons (Fsp3) is 0.429. The summed E-state index contributed by atoms with van der Waals surface area (Å²) >= 11 is 3.47. The van der Waals surface area contributed by atoms with Gasteiger partial charge in [0, 0.05) is 13.1 Å². The number of methoxy groups -OCH3 is 1. The number of nitrogens with one attached hydrogen (secondary N) is 1. The zero-order valence-corrected chi connectivity index (χ0v) is 12.9. The highest BCUT2D eigenvalue weighted by Crippen LogP contribution is 2.36. The molecule has 0 radical (unpaired) electrons. The van der Waals surface area contributed by atoms with E-state index in [-0.39, 0.29) is 6.10 Å². The second kappa shape index (κ2) is 8.19. The van der Waals surface area contributed by atoms with Crippen LogP contribution in [0.1, 0.15) is 12.5 Å². The predicted molar refractivity (Wildman–Crippen MR) is 79.8 cm³/mol. The SMILES string of the molecule is C=CCOc1c(Br)cc(CNCC(C)O)cc1OC. The maximum Gasteiger partial charge on any atom is 0.175 e. The molecule has 1 atom stereocenters. The van der Waals surface area contributed by atoms with Crippen LogP contribution in [-0.4, -0.2) is 31.5 Å². The molecule has 2 N–H and O–H groups in total. The van der Waals surface area contributed by atoms with E-state index >= 15 is 0 Å². The van der Waals surface area contributed by atoms with Crippen LogP contribution in [-0.2, 0) is 6.54 Å². The molecule has 0 aromatic heterocycles. The lowest BCUT2D eigenvalue weighted by Crippen LogP contribution is -2.23. The van der Waals surface area contributed by atoms with Crippen LogP contribution in [0.3, 0.4) is 0 Å². The standard InChI is InChI=1S/C14H20BrNO3/c1-4-5-19-14-12(15)6-11(7-13(14)18-3)9-16-8-10(2)17/h4,6-7,10,16-17H,1,5,8-9H2,2-3H3. The van der Waals surface area contributed by atoms with Gasteiger partial charge in [0.05, 0.1) is 17.7 Å². The van der Waals surface area contributed by atoms with Gasteiger partial charge in [-0.25, -0.2) is 0 Å². The molecule has 5 heteroatoms. The summed E-state index contributed by atoms with van der Waals surface area (Å²) in [6.45, 7) is 7.00. The monoisotopic (exact) mass is 329 g/mol. The number of aliphatic hydroxyl groups is 1. The van der Waals surface area contributed by atoms with Crippen LogP contribution in [0.25, 0.3) is 0 Å². The number of halogens is 1. The molecule has 19 heavy (non-hydrogen) atoms. The second-order valence-corrected chi connectivity index (χ2v) is 5.04. The highest BCUT2D eigenvalue weighted by Gasteiger charge is 2.11. The first-order valence-corrected chi connectivity index (χ1v) is 6.86. The van der Waals surface area contributed by atoms with Gasteiger partial charge in [0.15, 0.2) is 11.5 Å². The molecule has 106 valence electrons.